The van der Waals surface area contributed by atoms with E-state index in [1.165, 1.54) is 16.3 Å². The fourth-order valence-electron chi connectivity index (χ4n) is 3.15. The molecule has 3 aromatic rings. The van der Waals surface area contributed by atoms with Gasteiger partial charge >= 0.3 is 0 Å². The molecule has 2 heteroatoms. The highest BCUT2D eigenvalue weighted by Gasteiger charge is 2.32. The summed E-state index contributed by atoms with van der Waals surface area (Å²) in [4.78, 5) is 0. The number of hydrogen-bond acceptors (Lipinski definition) is 2. The summed E-state index contributed by atoms with van der Waals surface area (Å²) in [6.07, 6.45) is 0. The highest BCUT2D eigenvalue weighted by molar-refractivity contribution is 5.83. The van der Waals surface area contributed by atoms with Crippen LogP contribution in [0.25, 0.3) is 10.8 Å². The van der Waals surface area contributed by atoms with Crippen LogP contribution in [0.1, 0.15) is 24.0 Å². The van der Waals surface area contributed by atoms with Crippen molar-refractivity contribution in [3.8, 4) is 0 Å². The quantitative estimate of drug-likeness (QED) is 0.768. The Hall–Kier alpha value is -2.16. The van der Waals surface area contributed by atoms with Crippen molar-refractivity contribution in [2.45, 2.75) is 18.4 Å². The summed E-state index contributed by atoms with van der Waals surface area (Å²) < 4.78 is 0. The van der Waals surface area contributed by atoms with Crippen LogP contribution in [0.3, 0.4) is 0 Å². The van der Waals surface area contributed by atoms with Gasteiger partial charge in [0.1, 0.15) is 0 Å². The van der Waals surface area contributed by atoms with Crippen molar-refractivity contribution in [1.29, 1.82) is 0 Å². The summed E-state index contributed by atoms with van der Waals surface area (Å²) >= 11 is 0. The molecule has 0 aliphatic heterocycles. The van der Waals surface area contributed by atoms with E-state index in [2.05, 4.69) is 61.5 Å². The standard InChI is InChI=1S/C20H22N2/c1-20(22,18-9-3-2-4-10-18)19(14-21)17-12-11-15-7-5-6-8-16(15)13-17/h2-13,19H,14,21-22H2,1H3. The zero-order chi connectivity index (χ0) is 15.6. The lowest BCUT2D eigenvalue weighted by atomic mass is 9.76. The molecule has 0 saturated carbocycles. The SMILES string of the molecule is CC(N)(c1ccccc1)C(CN)c1ccc2ccccc2c1. The maximum atomic E-state index is 6.69. The molecule has 4 N–H and O–H groups in total. The third-order valence-electron chi connectivity index (χ3n) is 4.53. The maximum Gasteiger partial charge on any atom is 0.0462 e. The first kappa shape index (κ1) is 14.8. The predicted octanol–water partition coefficient (Wildman–Crippen LogP) is 3.76. The van der Waals surface area contributed by atoms with Crippen molar-refractivity contribution in [2.24, 2.45) is 11.5 Å². The van der Waals surface area contributed by atoms with Crippen molar-refractivity contribution >= 4 is 10.8 Å². The molecule has 0 radical (unpaired) electrons. The maximum absolute atomic E-state index is 6.69. The highest BCUT2D eigenvalue weighted by atomic mass is 14.8. The van der Waals surface area contributed by atoms with Crippen LogP contribution in [0.5, 0.6) is 0 Å². The zero-order valence-corrected chi connectivity index (χ0v) is 12.9. The third-order valence-corrected chi connectivity index (χ3v) is 4.53. The van der Waals surface area contributed by atoms with Gasteiger partial charge in [-0.15, -0.1) is 0 Å². The van der Waals surface area contributed by atoms with E-state index in [9.17, 15) is 0 Å². The Morgan fingerprint density at radius 1 is 0.864 bits per heavy atom. The Labute approximate surface area is 131 Å². The Kier molecular flexibility index (Phi) is 3.97. The molecule has 0 spiro atoms. The Morgan fingerprint density at radius 2 is 1.50 bits per heavy atom. The molecular weight excluding hydrogens is 268 g/mol. The van der Waals surface area contributed by atoms with Crippen molar-refractivity contribution in [2.75, 3.05) is 6.54 Å². The molecule has 3 rings (SSSR count). The molecule has 0 heterocycles. The van der Waals surface area contributed by atoms with Crippen LogP contribution >= 0.6 is 0 Å². The number of benzene rings is 3. The lowest BCUT2D eigenvalue weighted by Crippen LogP contribution is -2.43. The zero-order valence-electron chi connectivity index (χ0n) is 12.9. The monoisotopic (exact) mass is 290 g/mol. The second-order valence-corrected chi connectivity index (χ2v) is 6.04. The molecule has 2 unspecified atom stereocenters. The molecule has 0 amide bonds. The lowest BCUT2D eigenvalue weighted by Gasteiger charge is -2.34. The Balaban J connectivity index is 2.05. The smallest absolute Gasteiger partial charge is 0.0462 e. The fourth-order valence-corrected chi connectivity index (χ4v) is 3.15. The van der Waals surface area contributed by atoms with Crippen LogP contribution in [0.2, 0.25) is 0 Å². The molecule has 0 fully saturated rings. The van der Waals surface area contributed by atoms with Crippen molar-refractivity contribution in [3.63, 3.8) is 0 Å². The second-order valence-electron chi connectivity index (χ2n) is 6.04. The van der Waals surface area contributed by atoms with E-state index in [1.54, 1.807) is 0 Å². The highest BCUT2D eigenvalue weighted by Crippen LogP contribution is 2.35. The van der Waals surface area contributed by atoms with Gasteiger partial charge in [-0.1, -0.05) is 72.8 Å². The molecule has 3 aromatic carbocycles. The van der Waals surface area contributed by atoms with Crippen molar-refractivity contribution < 1.29 is 0 Å². The van der Waals surface area contributed by atoms with Gasteiger partial charge in [0.15, 0.2) is 0 Å². The van der Waals surface area contributed by atoms with Crippen molar-refractivity contribution in [3.05, 3.63) is 83.9 Å². The molecule has 0 aliphatic carbocycles. The fraction of sp³-hybridized carbons (Fsp3) is 0.200. The minimum atomic E-state index is -0.502. The molecule has 112 valence electrons. The minimum Gasteiger partial charge on any atom is -0.330 e. The van der Waals surface area contributed by atoms with Crippen LogP contribution in [0, 0.1) is 0 Å². The van der Waals surface area contributed by atoms with E-state index in [0.29, 0.717) is 6.54 Å². The summed E-state index contributed by atoms with van der Waals surface area (Å²) in [6.45, 7) is 2.58. The number of hydrogen-bond donors (Lipinski definition) is 2. The summed E-state index contributed by atoms with van der Waals surface area (Å²) in [7, 11) is 0. The van der Waals surface area contributed by atoms with Crippen LogP contribution in [0.4, 0.5) is 0 Å². The third kappa shape index (κ3) is 2.63. The molecule has 0 saturated heterocycles. The summed E-state index contributed by atoms with van der Waals surface area (Å²) in [5.41, 5.74) is 14.6. The normalized spacial score (nSPS) is 15.4. The Morgan fingerprint density at radius 3 is 2.18 bits per heavy atom. The average Bonchev–Trinajstić information content (AvgIpc) is 2.56. The van der Waals surface area contributed by atoms with Gasteiger partial charge in [-0.3, -0.25) is 0 Å². The summed E-state index contributed by atoms with van der Waals surface area (Å²) in [5.74, 6) is 0.0690. The van der Waals surface area contributed by atoms with Crippen LogP contribution in [-0.4, -0.2) is 6.54 Å². The first-order chi connectivity index (χ1) is 10.6. The molecule has 0 aliphatic rings. The topological polar surface area (TPSA) is 52.0 Å². The van der Waals surface area contributed by atoms with Crippen molar-refractivity contribution in [1.82, 2.24) is 0 Å². The molecule has 22 heavy (non-hydrogen) atoms. The average molecular weight is 290 g/mol. The molecular formula is C20H22N2. The van der Waals surface area contributed by atoms with Gasteiger partial charge in [-0.25, -0.2) is 0 Å². The number of nitrogens with two attached hydrogens (primary N) is 2. The van der Waals surface area contributed by atoms with Crippen LogP contribution in [0.15, 0.2) is 72.8 Å². The lowest BCUT2D eigenvalue weighted by molar-refractivity contribution is 0.394. The molecule has 2 atom stereocenters. The van der Waals surface area contributed by atoms with Gasteiger partial charge in [0.05, 0.1) is 0 Å². The largest absolute Gasteiger partial charge is 0.330 e. The van der Waals surface area contributed by atoms with Gasteiger partial charge < -0.3 is 11.5 Å². The van der Waals surface area contributed by atoms with Gasteiger partial charge in [0.25, 0.3) is 0 Å². The van der Waals surface area contributed by atoms with Crippen LogP contribution in [-0.2, 0) is 5.54 Å². The predicted molar refractivity (Wildman–Crippen MR) is 93.7 cm³/mol. The Bertz CT molecular complexity index is 763. The minimum absolute atomic E-state index is 0.0690. The number of rotatable bonds is 4. The first-order valence-corrected chi connectivity index (χ1v) is 7.66. The van der Waals surface area contributed by atoms with Gasteiger partial charge in [0.2, 0.25) is 0 Å². The van der Waals surface area contributed by atoms with E-state index >= 15 is 0 Å². The first-order valence-electron chi connectivity index (χ1n) is 7.66. The van der Waals surface area contributed by atoms with E-state index in [0.717, 1.165) is 5.56 Å². The van der Waals surface area contributed by atoms with E-state index in [1.807, 2.05) is 18.2 Å². The van der Waals surface area contributed by atoms with E-state index < -0.39 is 5.54 Å². The second kappa shape index (κ2) is 5.91. The molecule has 0 bridgehead atoms. The van der Waals surface area contributed by atoms with Gasteiger partial charge in [-0.2, -0.15) is 0 Å². The number of fused-ring (bicyclic) bond motifs is 1. The molecule has 0 aromatic heterocycles. The molecule has 2 nitrogen and oxygen atoms in total. The van der Waals surface area contributed by atoms with Crippen LogP contribution < -0.4 is 11.5 Å². The van der Waals surface area contributed by atoms with E-state index in [-0.39, 0.29) is 5.92 Å². The summed E-state index contributed by atoms with van der Waals surface area (Å²) in [5, 5.41) is 2.46. The van der Waals surface area contributed by atoms with Gasteiger partial charge in [-0.05, 0) is 28.8 Å². The van der Waals surface area contributed by atoms with E-state index in [4.69, 9.17) is 11.5 Å². The summed E-state index contributed by atoms with van der Waals surface area (Å²) in [6, 6.07) is 25.1. The van der Waals surface area contributed by atoms with Gasteiger partial charge in [0, 0.05) is 18.0 Å².